The summed E-state index contributed by atoms with van der Waals surface area (Å²) in [6.45, 7) is 2.03. The van der Waals surface area contributed by atoms with Gasteiger partial charge in [0.15, 0.2) is 0 Å². The first-order valence-corrected chi connectivity index (χ1v) is 5.95. The van der Waals surface area contributed by atoms with Crippen molar-refractivity contribution >= 4 is 30.0 Å². The molecule has 0 unspecified atom stereocenters. The molecule has 0 aliphatic carbocycles. The predicted octanol–water partition coefficient (Wildman–Crippen LogP) is 1.01. The van der Waals surface area contributed by atoms with Crippen LogP contribution >= 0.6 is 11.8 Å². The summed E-state index contributed by atoms with van der Waals surface area (Å²) in [6.07, 6.45) is 1.34. The third-order valence-electron chi connectivity index (χ3n) is 1.39. The lowest BCUT2D eigenvalue weighted by Crippen LogP contribution is -2.18. The highest BCUT2D eigenvalue weighted by Crippen LogP contribution is 2.00. The number of nitrogens with one attached hydrogen (secondary N) is 1. The summed E-state index contributed by atoms with van der Waals surface area (Å²) in [5.74, 6) is 1.05. The first-order chi connectivity index (χ1) is 7.70. The van der Waals surface area contributed by atoms with Crippen molar-refractivity contribution in [1.29, 1.82) is 0 Å². The van der Waals surface area contributed by atoms with Gasteiger partial charge in [0, 0.05) is 17.7 Å². The minimum atomic E-state index is -0.571. The summed E-state index contributed by atoms with van der Waals surface area (Å²) in [5, 5.41) is 3.64. The maximum atomic E-state index is 10.7. The highest BCUT2D eigenvalue weighted by Gasteiger charge is 1.98. The van der Waals surface area contributed by atoms with E-state index >= 15 is 0 Å². The number of nitrogens with zero attached hydrogens (tertiary/aromatic N) is 1. The lowest BCUT2D eigenvalue weighted by molar-refractivity contribution is -0.140. The maximum absolute atomic E-state index is 10.7. The van der Waals surface area contributed by atoms with Crippen LogP contribution in [0, 0.1) is 0 Å². The van der Waals surface area contributed by atoms with Crippen molar-refractivity contribution in [3.05, 3.63) is 0 Å². The Morgan fingerprint density at radius 1 is 1.50 bits per heavy atom. The van der Waals surface area contributed by atoms with Crippen LogP contribution in [-0.2, 0) is 14.3 Å². The van der Waals surface area contributed by atoms with Gasteiger partial charge in [-0.3, -0.25) is 4.79 Å². The number of carbonyl (C=O) groups is 2. The molecule has 0 aliphatic rings. The van der Waals surface area contributed by atoms with Gasteiger partial charge in [-0.2, -0.15) is 16.9 Å². The molecule has 0 rings (SSSR count). The molecular formula is C9H16N2O4S. The van der Waals surface area contributed by atoms with Gasteiger partial charge in [-0.15, -0.1) is 0 Å². The number of methoxy groups -OCH3 is 1. The van der Waals surface area contributed by atoms with Crippen molar-refractivity contribution in [3.8, 4) is 0 Å². The molecule has 0 aliphatic heterocycles. The lowest BCUT2D eigenvalue weighted by atomic mass is 10.5. The van der Waals surface area contributed by atoms with Gasteiger partial charge in [0.2, 0.25) is 0 Å². The van der Waals surface area contributed by atoms with E-state index in [4.69, 9.17) is 0 Å². The van der Waals surface area contributed by atoms with Crippen LogP contribution in [0.5, 0.6) is 0 Å². The molecule has 1 amide bonds. The van der Waals surface area contributed by atoms with Crippen LogP contribution in [0.25, 0.3) is 0 Å². The van der Waals surface area contributed by atoms with E-state index in [0.717, 1.165) is 0 Å². The zero-order valence-electron chi connectivity index (χ0n) is 9.39. The van der Waals surface area contributed by atoms with Crippen LogP contribution in [0.2, 0.25) is 0 Å². The van der Waals surface area contributed by atoms with Crippen molar-refractivity contribution in [2.75, 3.05) is 25.2 Å². The molecular weight excluding hydrogens is 232 g/mol. The number of rotatable bonds is 7. The van der Waals surface area contributed by atoms with Crippen LogP contribution in [-0.4, -0.2) is 43.5 Å². The average Bonchev–Trinajstić information content (AvgIpc) is 2.27. The Morgan fingerprint density at radius 2 is 2.25 bits per heavy atom. The van der Waals surface area contributed by atoms with E-state index in [9.17, 15) is 9.59 Å². The SMILES string of the molecule is CCOC(=O)NN=CCSCCC(=O)OC. The Morgan fingerprint density at radius 3 is 2.88 bits per heavy atom. The summed E-state index contributed by atoms with van der Waals surface area (Å²) < 4.78 is 9.06. The number of ether oxygens (including phenoxy) is 2. The standard InChI is InChI=1S/C9H16N2O4S/c1-3-15-9(13)11-10-5-7-16-6-4-8(12)14-2/h5H,3-4,6-7H2,1-2H3,(H,11,13). The molecule has 0 spiro atoms. The van der Waals surface area contributed by atoms with E-state index in [1.54, 1.807) is 13.1 Å². The molecule has 0 saturated carbocycles. The largest absolute Gasteiger partial charge is 0.469 e. The fraction of sp³-hybridized carbons (Fsp3) is 0.667. The van der Waals surface area contributed by atoms with Crippen molar-refractivity contribution in [3.63, 3.8) is 0 Å². The summed E-state index contributed by atoms with van der Waals surface area (Å²) in [6, 6.07) is 0. The van der Waals surface area contributed by atoms with Crippen LogP contribution in [0.3, 0.4) is 0 Å². The molecule has 0 atom stereocenters. The maximum Gasteiger partial charge on any atom is 0.427 e. The van der Waals surface area contributed by atoms with Crippen LogP contribution in [0.1, 0.15) is 13.3 Å². The predicted molar refractivity (Wildman–Crippen MR) is 62.6 cm³/mol. The summed E-state index contributed by atoms with van der Waals surface area (Å²) >= 11 is 1.52. The monoisotopic (exact) mass is 248 g/mol. The second-order valence-electron chi connectivity index (χ2n) is 2.54. The molecule has 1 N–H and O–H groups in total. The number of hydrogen-bond acceptors (Lipinski definition) is 6. The van der Waals surface area contributed by atoms with E-state index in [2.05, 4.69) is 20.0 Å². The number of thioether (sulfide) groups is 1. The lowest BCUT2D eigenvalue weighted by Gasteiger charge is -1.99. The molecule has 0 saturated heterocycles. The second kappa shape index (κ2) is 10.3. The molecule has 0 heterocycles. The first-order valence-electron chi connectivity index (χ1n) is 4.79. The fourth-order valence-electron chi connectivity index (χ4n) is 0.693. The normalized spacial score (nSPS) is 10.1. The highest BCUT2D eigenvalue weighted by atomic mass is 32.2. The molecule has 0 bridgehead atoms. The third-order valence-corrected chi connectivity index (χ3v) is 2.27. The average molecular weight is 248 g/mol. The van der Waals surface area contributed by atoms with Crippen LogP contribution in [0.4, 0.5) is 4.79 Å². The Kier molecular flexibility index (Phi) is 9.49. The molecule has 0 radical (unpaired) electrons. The number of amides is 1. The van der Waals surface area contributed by atoms with Crippen molar-refractivity contribution in [2.45, 2.75) is 13.3 Å². The Hall–Kier alpha value is -1.24. The quantitative estimate of drug-likeness (QED) is 0.315. The van der Waals surface area contributed by atoms with Crippen LogP contribution in [0.15, 0.2) is 5.10 Å². The van der Waals surface area contributed by atoms with Crippen molar-refractivity contribution in [2.24, 2.45) is 5.10 Å². The number of hydrogen-bond donors (Lipinski definition) is 1. The van der Waals surface area contributed by atoms with E-state index in [1.165, 1.54) is 18.9 Å². The fourth-order valence-corrected chi connectivity index (χ4v) is 1.35. The Bertz CT molecular complexity index is 246. The van der Waals surface area contributed by atoms with Gasteiger partial charge in [0.1, 0.15) is 0 Å². The van der Waals surface area contributed by atoms with Crippen LogP contribution < -0.4 is 5.43 Å². The zero-order valence-corrected chi connectivity index (χ0v) is 10.2. The van der Waals surface area contributed by atoms with E-state index in [0.29, 0.717) is 24.5 Å². The van der Waals surface area contributed by atoms with Gasteiger partial charge in [-0.1, -0.05) is 0 Å². The van der Waals surface area contributed by atoms with E-state index < -0.39 is 6.09 Å². The van der Waals surface area contributed by atoms with Crippen molar-refractivity contribution < 1.29 is 19.1 Å². The smallest absolute Gasteiger partial charge is 0.427 e. The van der Waals surface area contributed by atoms with Gasteiger partial charge in [0.25, 0.3) is 0 Å². The molecule has 0 aromatic carbocycles. The number of carbonyl (C=O) groups excluding carboxylic acids is 2. The summed E-state index contributed by atoms with van der Waals surface area (Å²) in [4.78, 5) is 21.5. The molecule has 16 heavy (non-hydrogen) atoms. The molecule has 0 aromatic heterocycles. The molecule has 0 fully saturated rings. The van der Waals surface area contributed by atoms with Gasteiger partial charge >= 0.3 is 12.1 Å². The van der Waals surface area contributed by atoms with Crippen molar-refractivity contribution in [1.82, 2.24) is 5.43 Å². The topological polar surface area (TPSA) is 77.0 Å². The minimum absolute atomic E-state index is 0.228. The summed E-state index contributed by atoms with van der Waals surface area (Å²) in [7, 11) is 1.36. The number of esters is 1. The molecule has 6 nitrogen and oxygen atoms in total. The second-order valence-corrected chi connectivity index (χ2v) is 3.69. The molecule has 0 aromatic rings. The number of hydrazone groups is 1. The van der Waals surface area contributed by atoms with Gasteiger partial charge in [0.05, 0.1) is 20.1 Å². The van der Waals surface area contributed by atoms with E-state index in [1.807, 2.05) is 0 Å². The minimum Gasteiger partial charge on any atom is -0.469 e. The van der Waals surface area contributed by atoms with Gasteiger partial charge in [-0.05, 0) is 6.92 Å². The third kappa shape index (κ3) is 9.32. The Labute approximate surface area is 98.7 Å². The molecule has 7 heteroatoms. The summed E-state index contributed by atoms with van der Waals surface area (Å²) in [5.41, 5.74) is 2.20. The van der Waals surface area contributed by atoms with Gasteiger partial charge in [-0.25, -0.2) is 10.2 Å². The first kappa shape index (κ1) is 14.8. The van der Waals surface area contributed by atoms with Gasteiger partial charge < -0.3 is 9.47 Å². The Balaban J connectivity index is 3.34. The zero-order chi connectivity index (χ0) is 12.2. The molecule has 92 valence electrons. The van der Waals surface area contributed by atoms with E-state index in [-0.39, 0.29) is 5.97 Å². The highest BCUT2D eigenvalue weighted by molar-refractivity contribution is 7.99.